The topological polar surface area (TPSA) is 69.7 Å². The minimum absolute atomic E-state index is 0.599. The average molecular weight is 254 g/mol. The smallest absolute Gasteiger partial charge is 0.289 e. The molecule has 90 valence electrons. The van der Waals surface area contributed by atoms with Crippen molar-refractivity contribution in [1.29, 1.82) is 0 Å². The maximum atomic E-state index is 12.7. The van der Waals surface area contributed by atoms with Crippen LogP contribution < -0.4 is 0 Å². The molecule has 2 unspecified atom stereocenters. The summed E-state index contributed by atoms with van der Waals surface area (Å²) in [6.07, 6.45) is -3.92. The first-order valence-electron chi connectivity index (χ1n) is 3.90. The molecule has 5 nitrogen and oxygen atoms in total. The lowest BCUT2D eigenvalue weighted by atomic mass is 10.4. The molecule has 0 saturated carbocycles. The molecule has 0 aliphatic heterocycles. The molecule has 0 heterocycles. The van der Waals surface area contributed by atoms with E-state index in [9.17, 15) is 22.9 Å². The van der Waals surface area contributed by atoms with Crippen LogP contribution in [0.25, 0.3) is 0 Å². The Bertz CT molecular complexity index is 300. The summed E-state index contributed by atoms with van der Waals surface area (Å²) in [4.78, 5) is 21.1. The highest BCUT2D eigenvalue weighted by atomic mass is 31.1. The predicted octanol–water partition coefficient (Wildman–Crippen LogP) is 1.51. The Morgan fingerprint density at radius 3 is 1.62 bits per heavy atom. The van der Waals surface area contributed by atoms with Gasteiger partial charge in [-0.1, -0.05) is 13.2 Å². The summed E-state index contributed by atoms with van der Waals surface area (Å²) in [5.41, 5.74) is 0. The first kappa shape index (κ1) is 14.8. The highest BCUT2D eigenvalue weighted by molar-refractivity contribution is 7.33. The van der Waals surface area contributed by atoms with Gasteiger partial charge in [0.05, 0.1) is 0 Å². The quantitative estimate of drug-likeness (QED) is 0.485. The van der Waals surface area contributed by atoms with E-state index in [-0.39, 0.29) is 0 Å². The Kier molecular flexibility index (Phi) is 6.64. The van der Waals surface area contributed by atoms with Crippen LogP contribution in [0.15, 0.2) is 25.3 Å². The second kappa shape index (κ2) is 7.16. The monoisotopic (exact) mass is 254 g/mol. The second-order valence-electron chi connectivity index (χ2n) is 2.33. The Morgan fingerprint density at radius 1 is 1.06 bits per heavy atom. The predicted molar refractivity (Wildman–Crippen MR) is 51.4 cm³/mol. The number of carbonyl (C=O) groups excluding carboxylic acids is 2. The summed E-state index contributed by atoms with van der Waals surface area (Å²) in [6.45, 7) is 5.90. The van der Waals surface area contributed by atoms with Gasteiger partial charge in [0.15, 0.2) is 0 Å². The lowest BCUT2D eigenvalue weighted by Gasteiger charge is -2.08. The normalized spacial score (nSPS) is 15.9. The number of hydrogen-bond acceptors (Lipinski definition) is 5. The molecule has 16 heavy (non-hydrogen) atoms. The summed E-state index contributed by atoms with van der Waals surface area (Å²) < 4.78 is 43.9. The lowest BCUT2D eigenvalue weighted by Crippen LogP contribution is -2.17. The molecule has 0 aliphatic carbocycles. The molecule has 0 radical (unpaired) electrons. The van der Waals surface area contributed by atoms with Crippen LogP contribution in [0.1, 0.15) is 0 Å². The molecule has 0 fully saturated rings. The van der Waals surface area contributed by atoms with E-state index in [1.165, 1.54) is 0 Å². The third kappa shape index (κ3) is 5.06. The highest BCUT2D eigenvalue weighted by Gasteiger charge is 2.23. The van der Waals surface area contributed by atoms with Gasteiger partial charge in [0.2, 0.25) is 11.6 Å². The summed E-state index contributed by atoms with van der Waals surface area (Å²) in [6, 6.07) is 0. The van der Waals surface area contributed by atoms with Crippen molar-refractivity contribution in [1.82, 2.24) is 0 Å². The third-order valence-corrected chi connectivity index (χ3v) is 2.05. The van der Waals surface area contributed by atoms with Crippen LogP contribution in [-0.4, -0.2) is 24.3 Å². The minimum atomic E-state index is -3.63. The fourth-order valence-corrected chi connectivity index (χ4v) is 1.12. The lowest BCUT2D eigenvalue weighted by molar-refractivity contribution is -0.131. The van der Waals surface area contributed by atoms with E-state index in [1.54, 1.807) is 0 Å². The molecule has 0 saturated heterocycles. The van der Waals surface area contributed by atoms with Gasteiger partial charge in [0.1, 0.15) is 0 Å². The van der Waals surface area contributed by atoms with Crippen molar-refractivity contribution < 1.29 is 32.0 Å². The average Bonchev–Trinajstić information content (AvgIpc) is 2.26. The highest BCUT2D eigenvalue weighted by Crippen LogP contribution is 2.29. The van der Waals surface area contributed by atoms with Crippen LogP contribution in [-0.2, 0) is 23.2 Å². The second-order valence-corrected chi connectivity index (χ2v) is 3.30. The van der Waals surface area contributed by atoms with E-state index in [1.807, 2.05) is 0 Å². The number of halogens is 2. The Hall–Kier alpha value is -1.17. The van der Waals surface area contributed by atoms with Crippen molar-refractivity contribution >= 4 is 19.8 Å². The number of alkyl halides is 2. The van der Waals surface area contributed by atoms with Gasteiger partial charge in [0.25, 0.3) is 12.7 Å². The van der Waals surface area contributed by atoms with Gasteiger partial charge in [-0.05, 0) is 12.2 Å². The van der Waals surface area contributed by atoms with Crippen molar-refractivity contribution in [3.8, 4) is 0 Å². The van der Waals surface area contributed by atoms with E-state index < -0.39 is 32.5 Å². The largest absolute Gasteiger partial charge is 0.325 e. The number of ketones is 2. The molecule has 0 N–H and O–H groups in total. The van der Waals surface area contributed by atoms with E-state index >= 15 is 0 Å². The molecule has 0 aliphatic rings. The molecule has 0 aromatic heterocycles. The molecule has 0 bridgehead atoms. The van der Waals surface area contributed by atoms with E-state index in [2.05, 4.69) is 22.2 Å². The fourth-order valence-electron chi connectivity index (χ4n) is 0.498. The number of rotatable bonds is 8. The van der Waals surface area contributed by atoms with E-state index in [0.717, 1.165) is 0 Å². The minimum Gasteiger partial charge on any atom is -0.289 e. The van der Waals surface area contributed by atoms with Crippen LogP contribution in [0.4, 0.5) is 8.78 Å². The van der Waals surface area contributed by atoms with Crippen molar-refractivity contribution in [3.63, 3.8) is 0 Å². The molecule has 0 aromatic carbocycles. The number of hydrogen-bond donors (Lipinski definition) is 0. The third-order valence-electron chi connectivity index (χ3n) is 1.25. The van der Waals surface area contributed by atoms with Crippen molar-refractivity contribution in [2.24, 2.45) is 0 Å². The molecule has 8 heteroatoms. The molecular weight excluding hydrogens is 245 g/mol. The van der Waals surface area contributed by atoms with Gasteiger partial charge in [0, 0.05) is 0 Å². The molecule has 2 atom stereocenters. The molecule has 0 spiro atoms. The van der Waals surface area contributed by atoms with Gasteiger partial charge in [-0.25, -0.2) is 8.78 Å². The Morgan fingerprint density at radius 2 is 1.38 bits per heavy atom. The molecular formula is C8H9F2O5P. The van der Waals surface area contributed by atoms with Crippen molar-refractivity contribution in [3.05, 3.63) is 25.3 Å². The molecule has 0 amide bonds. The zero-order chi connectivity index (χ0) is 12.7. The van der Waals surface area contributed by atoms with Crippen LogP contribution in [0, 0.1) is 0 Å². The van der Waals surface area contributed by atoms with Gasteiger partial charge in [-0.3, -0.25) is 23.2 Å². The summed E-state index contributed by atoms with van der Waals surface area (Å²) in [7, 11) is -3.63. The van der Waals surface area contributed by atoms with E-state index in [4.69, 9.17) is 0 Å². The zero-order valence-corrected chi connectivity index (χ0v) is 9.02. The molecule has 0 rings (SSSR count). The SMILES string of the molecule is C=CC(=O)C(F)O[PH](=O)OC(F)C(=O)C=C. The van der Waals surface area contributed by atoms with Gasteiger partial charge < -0.3 is 0 Å². The molecule has 0 aromatic rings. The van der Waals surface area contributed by atoms with Gasteiger partial charge in [-0.15, -0.1) is 0 Å². The summed E-state index contributed by atoms with van der Waals surface area (Å²) >= 11 is 0. The van der Waals surface area contributed by atoms with Crippen molar-refractivity contribution in [2.45, 2.75) is 12.7 Å². The maximum absolute atomic E-state index is 12.7. The first-order chi connectivity index (χ1) is 7.42. The van der Waals surface area contributed by atoms with Gasteiger partial charge in [-0.2, -0.15) is 0 Å². The Labute approximate surface area is 90.7 Å². The standard InChI is InChI=1S/C8H9F2O5P/c1-3-5(11)7(9)14-16(13)15-8(10)6(12)4-2/h3-4,7-8,16H,1-2H2. The summed E-state index contributed by atoms with van der Waals surface area (Å²) in [5, 5.41) is 0. The number of carbonyl (C=O) groups is 2. The van der Waals surface area contributed by atoms with Crippen LogP contribution in [0.5, 0.6) is 0 Å². The van der Waals surface area contributed by atoms with Crippen LogP contribution in [0.2, 0.25) is 0 Å². The van der Waals surface area contributed by atoms with Crippen molar-refractivity contribution in [2.75, 3.05) is 0 Å². The Balaban J connectivity index is 4.18. The van der Waals surface area contributed by atoms with Crippen LogP contribution >= 0.6 is 8.25 Å². The van der Waals surface area contributed by atoms with Gasteiger partial charge >= 0.3 is 8.25 Å². The first-order valence-corrected chi connectivity index (χ1v) is 5.12. The van der Waals surface area contributed by atoms with Crippen LogP contribution in [0.3, 0.4) is 0 Å². The maximum Gasteiger partial charge on any atom is 0.325 e. The zero-order valence-electron chi connectivity index (χ0n) is 8.02. The summed E-state index contributed by atoms with van der Waals surface area (Å²) in [5.74, 6) is -2.38. The fraction of sp³-hybridized carbons (Fsp3) is 0.250. The van der Waals surface area contributed by atoms with E-state index in [0.29, 0.717) is 12.2 Å².